The lowest BCUT2D eigenvalue weighted by Gasteiger charge is -2.36. The van der Waals surface area contributed by atoms with E-state index < -0.39 is 16.1 Å². The first kappa shape index (κ1) is 22.4. The van der Waals surface area contributed by atoms with Gasteiger partial charge in [0.05, 0.1) is 17.1 Å². The van der Waals surface area contributed by atoms with E-state index in [-0.39, 0.29) is 35.2 Å². The minimum absolute atomic E-state index is 0.0420. The van der Waals surface area contributed by atoms with E-state index >= 15 is 0 Å². The Kier molecular flexibility index (Phi) is 6.62. The summed E-state index contributed by atoms with van der Waals surface area (Å²) in [4.78, 5) is 13.1. The van der Waals surface area contributed by atoms with Gasteiger partial charge in [0.15, 0.2) is 6.10 Å². The average Bonchev–Trinajstić information content (AvgIpc) is 2.70. The number of rotatable bonds is 6. The van der Waals surface area contributed by atoms with E-state index in [1.807, 2.05) is 27.7 Å². The largest absolute Gasteiger partial charge is 0.476 e. The summed E-state index contributed by atoms with van der Waals surface area (Å²) < 4.78 is 33.9. The van der Waals surface area contributed by atoms with Crippen LogP contribution in [-0.2, 0) is 14.8 Å². The van der Waals surface area contributed by atoms with Gasteiger partial charge in [-0.2, -0.15) is 0 Å². The highest BCUT2D eigenvalue weighted by atomic mass is 35.5. The summed E-state index contributed by atoms with van der Waals surface area (Å²) in [7, 11) is -3.91. The number of ether oxygens (including phenoxy) is 1. The summed E-state index contributed by atoms with van der Waals surface area (Å²) >= 11 is 5.91. The van der Waals surface area contributed by atoms with Crippen LogP contribution in [-0.4, -0.2) is 33.0 Å². The van der Waals surface area contributed by atoms with Gasteiger partial charge in [0, 0.05) is 11.1 Å². The Morgan fingerprint density at radius 1 is 1.07 bits per heavy atom. The molecule has 8 heteroatoms. The number of carbonyl (C=O) groups excluding carboxylic acids is 1. The van der Waals surface area contributed by atoms with Crippen molar-refractivity contribution in [3.05, 3.63) is 53.6 Å². The van der Waals surface area contributed by atoms with Crippen LogP contribution in [0.2, 0.25) is 5.02 Å². The minimum atomic E-state index is -3.91. The normalized spacial score (nSPS) is 16.5. The highest BCUT2D eigenvalue weighted by Crippen LogP contribution is 2.37. The molecule has 0 saturated carbocycles. The molecule has 1 aliphatic rings. The Labute approximate surface area is 183 Å². The lowest BCUT2D eigenvalue weighted by molar-refractivity contribution is -0.129. The molecule has 30 heavy (non-hydrogen) atoms. The second kappa shape index (κ2) is 8.86. The fourth-order valence-corrected chi connectivity index (χ4v) is 5.26. The molecule has 0 radical (unpaired) electrons. The third-order valence-electron chi connectivity index (χ3n) is 5.17. The zero-order chi connectivity index (χ0) is 22.1. The van der Waals surface area contributed by atoms with Gasteiger partial charge >= 0.3 is 0 Å². The summed E-state index contributed by atoms with van der Waals surface area (Å²) in [6.45, 7) is 8.05. The number of hydrogen-bond donors (Lipinski definition) is 1. The van der Waals surface area contributed by atoms with Gasteiger partial charge in [-0.25, -0.2) is 8.42 Å². The van der Waals surface area contributed by atoms with Crippen LogP contribution in [0, 0.1) is 11.8 Å². The molecular weight excluding hydrogens is 424 g/mol. The van der Waals surface area contributed by atoms with Gasteiger partial charge in [-0.05, 0) is 48.2 Å². The highest BCUT2D eigenvalue weighted by Gasteiger charge is 2.38. The quantitative estimate of drug-likeness (QED) is 0.719. The predicted molar refractivity (Wildman–Crippen MR) is 118 cm³/mol. The lowest BCUT2D eigenvalue weighted by Crippen LogP contribution is -2.54. The summed E-state index contributed by atoms with van der Waals surface area (Å²) in [6.07, 6.45) is -0.957. The van der Waals surface area contributed by atoms with Gasteiger partial charge in [-0.3, -0.25) is 9.10 Å². The van der Waals surface area contributed by atoms with Crippen molar-refractivity contribution < 1.29 is 17.9 Å². The van der Waals surface area contributed by atoms with Gasteiger partial charge in [0.2, 0.25) is 0 Å². The second-order valence-electron chi connectivity index (χ2n) is 8.09. The molecule has 0 bridgehead atoms. The van der Waals surface area contributed by atoms with Gasteiger partial charge in [-0.15, -0.1) is 0 Å². The zero-order valence-electron chi connectivity index (χ0n) is 17.5. The summed E-state index contributed by atoms with van der Waals surface area (Å²) in [5.74, 6) is 0.498. The monoisotopic (exact) mass is 450 g/mol. The van der Waals surface area contributed by atoms with Crippen LogP contribution in [0.4, 0.5) is 5.69 Å². The first-order valence-electron chi connectivity index (χ1n) is 9.95. The smallest absolute Gasteiger partial charge is 0.264 e. The number of anilines is 1. The fraction of sp³-hybridized carbons (Fsp3) is 0.409. The Bertz CT molecular complexity index is 998. The third kappa shape index (κ3) is 4.57. The van der Waals surface area contributed by atoms with Gasteiger partial charge in [0.25, 0.3) is 15.9 Å². The van der Waals surface area contributed by atoms with Gasteiger partial charge < -0.3 is 10.1 Å². The van der Waals surface area contributed by atoms with Crippen LogP contribution in [0.5, 0.6) is 5.75 Å². The molecule has 2 aromatic carbocycles. The number of nitrogens with zero attached hydrogens (tertiary/aromatic N) is 1. The topological polar surface area (TPSA) is 75.7 Å². The number of halogens is 1. The molecule has 1 aliphatic heterocycles. The summed E-state index contributed by atoms with van der Waals surface area (Å²) in [6, 6.07) is 12.7. The molecule has 1 unspecified atom stereocenters. The molecule has 1 atom stereocenters. The molecule has 0 spiro atoms. The molecule has 1 heterocycles. The van der Waals surface area contributed by atoms with Crippen molar-refractivity contribution in [3.8, 4) is 5.75 Å². The number of para-hydroxylation sites is 2. The van der Waals surface area contributed by atoms with Crippen molar-refractivity contribution in [3.63, 3.8) is 0 Å². The van der Waals surface area contributed by atoms with E-state index in [9.17, 15) is 13.2 Å². The molecule has 2 aromatic rings. The number of sulfonamides is 1. The maximum Gasteiger partial charge on any atom is 0.264 e. The van der Waals surface area contributed by atoms with E-state index in [2.05, 4.69) is 5.32 Å². The van der Waals surface area contributed by atoms with Crippen molar-refractivity contribution in [2.45, 2.75) is 44.7 Å². The lowest BCUT2D eigenvalue weighted by atomic mass is 9.93. The highest BCUT2D eigenvalue weighted by molar-refractivity contribution is 7.92. The maximum atomic E-state index is 13.4. The van der Waals surface area contributed by atoms with E-state index in [0.29, 0.717) is 16.5 Å². The van der Waals surface area contributed by atoms with Crippen LogP contribution >= 0.6 is 11.6 Å². The fourth-order valence-electron chi connectivity index (χ4n) is 3.66. The summed E-state index contributed by atoms with van der Waals surface area (Å²) in [5, 5.41) is 3.48. The van der Waals surface area contributed by atoms with Crippen LogP contribution in [0.1, 0.15) is 27.7 Å². The van der Waals surface area contributed by atoms with Crippen LogP contribution < -0.4 is 14.4 Å². The van der Waals surface area contributed by atoms with E-state index in [1.165, 1.54) is 28.6 Å². The Balaban J connectivity index is 1.94. The van der Waals surface area contributed by atoms with Gasteiger partial charge in [-0.1, -0.05) is 51.4 Å². The minimum Gasteiger partial charge on any atom is -0.476 e. The number of fused-ring (bicyclic) bond motifs is 1. The molecule has 3 rings (SSSR count). The predicted octanol–water partition coefficient (Wildman–Crippen LogP) is 4.09. The number of nitrogens with one attached hydrogen (secondary N) is 1. The SMILES string of the molecule is CC(C)C(NC(=O)C1CN(S(=O)(=O)c2ccc(Cl)cc2)c2ccccc2O1)C(C)C. The molecule has 1 amide bonds. The van der Waals surface area contributed by atoms with Crippen molar-refractivity contribution in [1.29, 1.82) is 0 Å². The van der Waals surface area contributed by atoms with E-state index in [0.717, 1.165) is 0 Å². The molecule has 0 fully saturated rings. The standard InChI is InChI=1S/C22H27ClN2O4S/c1-14(2)21(15(3)4)24-22(26)20-13-25(18-7-5-6-8-19(18)29-20)30(27,28)17-11-9-16(23)10-12-17/h5-12,14-15,20-21H,13H2,1-4H3,(H,24,26). The maximum absolute atomic E-state index is 13.4. The Morgan fingerprint density at radius 2 is 1.67 bits per heavy atom. The van der Waals surface area contributed by atoms with Crippen LogP contribution in [0.25, 0.3) is 0 Å². The molecule has 0 saturated heterocycles. The van der Waals surface area contributed by atoms with Crippen molar-refractivity contribution in [2.24, 2.45) is 11.8 Å². The average molecular weight is 451 g/mol. The van der Waals surface area contributed by atoms with E-state index in [4.69, 9.17) is 16.3 Å². The first-order chi connectivity index (χ1) is 14.1. The van der Waals surface area contributed by atoms with Crippen molar-refractivity contribution in [2.75, 3.05) is 10.8 Å². The van der Waals surface area contributed by atoms with Crippen molar-refractivity contribution in [1.82, 2.24) is 5.32 Å². The van der Waals surface area contributed by atoms with Gasteiger partial charge in [0.1, 0.15) is 5.75 Å². The molecule has 1 N–H and O–H groups in total. The Morgan fingerprint density at radius 3 is 2.27 bits per heavy atom. The molecule has 162 valence electrons. The van der Waals surface area contributed by atoms with E-state index in [1.54, 1.807) is 24.3 Å². The Hall–Kier alpha value is -2.25. The van der Waals surface area contributed by atoms with Crippen LogP contribution in [0.15, 0.2) is 53.4 Å². The number of amides is 1. The zero-order valence-corrected chi connectivity index (χ0v) is 19.1. The number of carbonyl (C=O) groups is 1. The summed E-state index contributed by atoms with van der Waals surface area (Å²) in [5.41, 5.74) is 0.403. The number of benzene rings is 2. The number of hydrogen-bond acceptors (Lipinski definition) is 4. The van der Waals surface area contributed by atoms with Crippen molar-refractivity contribution >= 4 is 33.2 Å². The first-order valence-corrected chi connectivity index (χ1v) is 11.8. The molecule has 6 nitrogen and oxygen atoms in total. The van der Waals surface area contributed by atoms with Crippen LogP contribution in [0.3, 0.4) is 0 Å². The molecule has 0 aliphatic carbocycles. The third-order valence-corrected chi connectivity index (χ3v) is 7.22. The molecule has 0 aromatic heterocycles. The molecular formula is C22H27ClN2O4S. The second-order valence-corrected chi connectivity index (χ2v) is 10.4.